The lowest BCUT2D eigenvalue weighted by Gasteiger charge is -2.34. The fourth-order valence-corrected chi connectivity index (χ4v) is 2.59. The Labute approximate surface area is 137 Å². The highest BCUT2D eigenvalue weighted by molar-refractivity contribution is 5.97. The van der Waals surface area contributed by atoms with Crippen LogP contribution in [-0.4, -0.2) is 62.0 Å². The maximum absolute atomic E-state index is 12.5. The Hall–Kier alpha value is -2.36. The van der Waals surface area contributed by atoms with Crippen LogP contribution in [0.1, 0.15) is 0 Å². The van der Waals surface area contributed by atoms with E-state index in [1.807, 2.05) is 43.4 Å². The molecule has 0 aliphatic carbocycles. The van der Waals surface area contributed by atoms with Gasteiger partial charge in [0.05, 0.1) is 0 Å². The van der Waals surface area contributed by atoms with Gasteiger partial charge in [0.25, 0.3) is 5.91 Å². The number of piperazine rings is 1. The first-order valence-corrected chi connectivity index (χ1v) is 7.77. The maximum atomic E-state index is 12.5. The monoisotopic (exact) mass is 313 g/mol. The minimum absolute atomic E-state index is 0.156. The van der Waals surface area contributed by atoms with Crippen LogP contribution in [0.3, 0.4) is 0 Å². The van der Waals surface area contributed by atoms with Gasteiger partial charge in [0.15, 0.2) is 0 Å². The van der Waals surface area contributed by atoms with Crippen molar-refractivity contribution in [2.45, 2.75) is 0 Å². The van der Waals surface area contributed by atoms with Crippen molar-refractivity contribution >= 4 is 11.6 Å². The Kier molecular flexibility index (Phi) is 6.15. The number of carbonyl (C=O) groups excluding carboxylic acids is 1. The molecule has 1 aliphatic rings. The molecule has 0 unspecified atom stereocenters. The third-order valence-electron chi connectivity index (χ3n) is 3.94. The molecule has 0 bridgehead atoms. The van der Waals surface area contributed by atoms with Crippen LogP contribution in [0.15, 0.2) is 42.1 Å². The van der Waals surface area contributed by atoms with E-state index in [1.165, 1.54) is 0 Å². The lowest BCUT2D eigenvalue weighted by atomic mass is 10.2. The molecule has 1 heterocycles. The number of anilines is 1. The molecule has 0 spiro atoms. The Morgan fingerprint density at radius 1 is 1.30 bits per heavy atom. The van der Waals surface area contributed by atoms with Gasteiger partial charge in [-0.25, -0.2) is 0 Å². The zero-order chi connectivity index (χ0) is 16.7. The standard InChI is InChI=1S/C17H23N5O/c1-20(16-5-3-2-4-6-16)14-15(13-19)17(23)22-11-9-21(8-7-18)10-12-22/h2-6,14H,7-12,18H2,1H3/b15-14-. The molecule has 122 valence electrons. The predicted molar refractivity (Wildman–Crippen MR) is 90.6 cm³/mol. The number of nitrogens with two attached hydrogens (primary N) is 1. The van der Waals surface area contributed by atoms with Crippen LogP contribution in [-0.2, 0) is 4.79 Å². The van der Waals surface area contributed by atoms with Gasteiger partial charge in [0.1, 0.15) is 11.6 Å². The summed E-state index contributed by atoms with van der Waals surface area (Å²) in [7, 11) is 1.83. The van der Waals surface area contributed by atoms with E-state index < -0.39 is 0 Å². The molecule has 1 aromatic rings. The number of rotatable bonds is 5. The van der Waals surface area contributed by atoms with Gasteiger partial charge in [-0.1, -0.05) is 18.2 Å². The van der Waals surface area contributed by atoms with Gasteiger partial charge in [-0.2, -0.15) is 5.26 Å². The number of hydrogen-bond donors (Lipinski definition) is 1. The summed E-state index contributed by atoms with van der Waals surface area (Å²) in [5, 5.41) is 9.34. The van der Waals surface area contributed by atoms with Gasteiger partial charge in [0.2, 0.25) is 0 Å². The van der Waals surface area contributed by atoms with Crippen LogP contribution in [0, 0.1) is 11.3 Å². The second-order valence-electron chi connectivity index (χ2n) is 5.52. The maximum Gasteiger partial charge on any atom is 0.266 e. The molecule has 1 aromatic carbocycles. The van der Waals surface area contributed by atoms with Gasteiger partial charge in [-0.05, 0) is 12.1 Å². The van der Waals surface area contributed by atoms with Crippen LogP contribution >= 0.6 is 0 Å². The Balaban J connectivity index is 2.02. The van der Waals surface area contributed by atoms with Crippen molar-refractivity contribution in [2.24, 2.45) is 5.73 Å². The summed E-state index contributed by atoms with van der Waals surface area (Å²) in [6.07, 6.45) is 1.60. The third kappa shape index (κ3) is 4.55. The Morgan fingerprint density at radius 2 is 1.96 bits per heavy atom. The van der Waals surface area contributed by atoms with Gasteiger partial charge >= 0.3 is 0 Å². The van der Waals surface area contributed by atoms with E-state index in [9.17, 15) is 10.1 Å². The Bertz CT molecular complexity index is 585. The van der Waals surface area contributed by atoms with Gasteiger partial charge in [-0.15, -0.1) is 0 Å². The highest BCUT2D eigenvalue weighted by Crippen LogP contribution is 2.14. The van der Waals surface area contributed by atoms with Crippen LogP contribution in [0.5, 0.6) is 0 Å². The number of benzene rings is 1. The van der Waals surface area contributed by atoms with E-state index in [4.69, 9.17) is 5.73 Å². The topological polar surface area (TPSA) is 76.6 Å². The zero-order valence-corrected chi connectivity index (χ0v) is 13.5. The molecule has 6 heteroatoms. The number of nitriles is 1. The zero-order valence-electron chi connectivity index (χ0n) is 13.5. The molecule has 1 saturated heterocycles. The summed E-state index contributed by atoms with van der Waals surface area (Å²) in [6.45, 7) is 4.34. The van der Waals surface area contributed by atoms with Crippen molar-refractivity contribution in [1.82, 2.24) is 9.80 Å². The smallest absolute Gasteiger partial charge is 0.266 e. The summed E-state index contributed by atoms with van der Waals surface area (Å²) in [6, 6.07) is 11.7. The molecule has 1 aliphatic heterocycles. The molecule has 0 saturated carbocycles. The summed E-state index contributed by atoms with van der Waals surface area (Å²) in [5.41, 5.74) is 6.64. The van der Waals surface area contributed by atoms with Crippen LogP contribution in [0.4, 0.5) is 5.69 Å². The number of carbonyl (C=O) groups is 1. The van der Waals surface area contributed by atoms with E-state index >= 15 is 0 Å². The third-order valence-corrected chi connectivity index (χ3v) is 3.94. The molecule has 1 fully saturated rings. The average Bonchev–Trinajstić information content (AvgIpc) is 2.60. The summed E-state index contributed by atoms with van der Waals surface area (Å²) >= 11 is 0. The molecule has 0 aromatic heterocycles. The summed E-state index contributed by atoms with van der Waals surface area (Å²) < 4.78 is 0. The van der Waals surface area contributed by atoms with Crippen molar-refractivity contribution in [2.75, 3.05) is 51.2 Å². The van der Waals surface area contributed by atoms with E-state index in [2.05, 4.69) is 4.90 Å². The SMILES string of the molecule is CN(/C=C(/C#N)C(=O)N1CCN(CCN)CC1)c1ccccc1. The average molecular weight is 313 g/mol. The fourth-order valence-electron chi connectivity index (χ4n) is 2.59. The lowest BCUT2D eigenvalue weighted by Crippen LogP contribution is -2.50. The lowest BCUT2D eigenvalue weighted by molar-refractivity contribution is -0.128. The van der Waals surface area contributed by atoms with Crippen LogP contribution in [0.25, 0.3) is 0 Å². The number of hydrogen-bond acceptors (Lipinski definition) is 5. The largest absolute Gasteiger partial charge is 0.350 e. The summed E-state index contributed by atoms with van der Waals surface area (Å²) in [5.74, 6) is -0.206. The molecule has 2 rings (SSSR count). The Morgan fingerprint density at radius 3 is 2.52 bits per heavy atom. The van der Waals surface area contributed by atoms with E-state index in [-0.39, 0.29) is 11.5 Å². The first-order chi connectivity index (χ1) is 11.2. The molecule has 2 N–H and O–H groups in total. The van der Waals surface area contributed by atoms with Crippen molar-refractivity contribution < 1.29 is 4.79 Å². The van der Waals surface area contributed by atoms with Crippen molar-refractivity contribution in [3.63, 3.8) is 0 Å². The van der Waals surface area contributed by atoms with Gasteiger partial charge < -0.3 is 15.5 Å². The highest BCUT2D eigenvalue weighted by atomic mass is 16.2. The van der Waals surface area contributed by atoms with Crippen molar-refractivity contribution in [1.29, 1.82) is 5.26 Å². The molecule has 0 radical (unpaired) electrons. The predicted octanol–water partition coefficient (Wildman–Crippen LogP) is 0.633. The molecular formula is C17H23N5O. The molecular weight excluding hydrogens is 290 g/mol. The van der Waals surface area contributed by atoms with Gasteiger partial charge in [0, 0.05) is 58.2 Å². The minimum Gasteiger partial charge on any atom is -0.350 e. The van der Waals surface area contributed by atoms with Crippen molar-refractivity contribution in [3.05, 3.63) is 42.1 Å². The second-order valence-corrected chi connectivity index (χ2v) is 5.52. The minimum atomic E-state index is -0.206. The first kappa shape index (κ1) is 17.0. The second kappa shape index (κ2) is 8.32. The van der Waals surface area contributed by atoms with E-state index in [0.717, 1.165) is 25.3 Å². The molecule has 0 atom stereocenters. The first-order valence-electron chi connectivity index (χ1n) is 7.77. The van der Waals surface area contributed by atoms with Crippen LogP contribution < -0.4 is 10.6 Å². The molecule has 23 heavy (non-hydrogen) atoms. The highest BCUT2D eigenvalue weighted by Gasteiger charge is 2.23. The number of para-hydroxylation sites is 1. The summed E-state index contributed by atoms with van der Waals surface area (Å²) in [4.78, 5) is 18.3. The quantitative estimate of drug-likeness (QED) is 0.637. The van der Waals surface area contributed by atoms with Crippen molar-refractivity contribution in [3.8, 4) is 6.07 Å². The number of amides is 1. The molecule has 1 amide bonds. The van der Waals surface area contributed by atoms with E-state index in [1.54, 1.807) is 16.0 Å². The van der Waals surface area contributed by atoms with Crippen LogP contribution in [0.2, 0.25) is 0 Å². The van der Waals surface area contributed by atoms with E-state index in [0.29, 0.717) is 19.6 Å². The normalized spacial score (nSPS) is 16.0. The van der Waals surface area contributed by atoms with Gasteiger partial charge in [-0.3, -0.25) is 9.69 Å². The fraction of sp³-hybridized carbons (Fsp3) is 0.412. The number of nitrogens with zero attached hydrogens (tertiary/aromatic N) is 4. The molecule has 6 nitrogen and oxygen atoms in total.